The quantitative estimate of drug-likeness (QED) is 0.0895. The van der Waals surface area contributed by atoms with Crippen molar-refractivity contribution in [2.45, 2.75) is 96.4 Å². The Morgan fingerprint density at radius 3 is 1.14 bits per heavy atom. The molecule has 0 fully saturated rings. The lowest BCUT2D eigenvalue weighted by Gasteiger charge is -2.22. The van der Waals surface area contributed by atoms with Crippen molar-refractivity contribution in [3.05, 3.63) is 108 Å². The first-order valence-corrected chi connectivity index (χ1v) is 16.9. The summed E-state index contributed by atoms with van der Waals surface area (Å²) in [5, 5.41) is 0. The van der Waals surface area contributed by atoms with Gasteiger partial charge in [0.1, 0.15) is 0 Å². The van der Waals surface area contributed by atoms with E-state index in [9.17, 15) is 0 Å². The molecular formula is C39H57NO2. The number of unbranched alkanes of at least 4 members (excludes halogenated alkanes) is 8. The van der Waals surface area contributed by atoms with E-state index in [-0.39, 0.29) is 0 Å². The standard InChI is InChI=1S/C39H57NO2/c1(3-18-32-41-34-20-14-26-37-22-8-5-9-23-37)16-30-40(36-39-28-12-7-13-29-39)31-17-2-4-19-33-42-35-21-15-27-38-24-10-6-11-25-38/h5-13,22-25,28-29H,1-4,14-21,26-27,30-36H2. The number of aryl methyl sites for hydroxylation is 2. The fourth-order valence-corrected chi connectivity index (χ4v) is 5.46. The molecule has 3 nitrogen and oxygen atoms in total. The van der Waals surface area contributed by atoms with Crippen LogP contribution in [0.25, 0.3) is 0 Å². The number of nitrogens with zero attached hydrogens (tertiary/aromatic N) is 1. The Morgan fingerprint density at radius 1 is 0.357 bits per heavy atom. The molecule has 3 rings (SSSR count). The Balaban J connectivity index is 1.15. The molecule has 0 amide bonds. The summed E-state index contributed by atoms with van der Waals surface area (Å²) in [6.07, 6.45) is 17.1. The first-order valence-electron chi connectivity index (χ1n) is 16.9. The van der Waals surface area contributed by atoms with Crippen LogP contribution < -0.4 is 0 Å². The van der Waals surface area contributed by atoms with Crippen molar-refractivity contribution >= 4 is 0 Å². The van der Waals surface area contributed by atoms with E-state index in [2.05, 4.69) is 95.9 Å². The fourth-order valence-electron chi connectivity index (χ4n) is 5.46. The monoisotopic (exact) mass is 571 g/mol. The molecule has 0 saturated carbocycles. The van der Waals surface area contributed by atoms with Crippen molar-refractivity contribution in [3.63, 3.8) is 0 Å². The lowest BCUT2D eigenvalue weighted by atomic mass is 10.1. The second-order valence-electron chi connectivity index (χ2n) is 11.7. The van der Waals surface area contributed by atoms with E-state index in [0.717, 1.165) is 58.7 Å². The molecule has 3 aromatic carbocycles. The highest BCUT2D eigenvalue weighted by molar-refractivity contribution is 5.15. The van der Waals surface area contributed by atoms with Crippen LogP contribution in [0.3, 0.4) is 0 Å². The molecule has 3 heteroatoms. The summed E-state index contributed by atoms with van der Waals surface area (Å²) >= 11 is 0. The van der Waals surface area contributed by atoms with Gasteiger partial charge in [0, 0.05) is 33.0 Å². The number of hydrogen-bond donors (Lipinski definition) is 0. The third-order valence-corrected chi connectivity index (χ3v) is 7.97. The zero-order valence-electron chi connectivity index (χ0n) is 26.3. The zero-order chi connectivity index (χ0) is 29.2. The minimum absolute atomic E-state index is 0.901. The molecular weight excluding hydrogens is 514 g/mol. The smallest absolute Gasteiger partial charge is 0.0466 e. The minimum Gasteiger partial charge on any atom is -0.381 e. The van der Waals surface area contributed by atoms with Gasteiger partial charge in [0.15, 0.2) is 0 Å². The number of ether oxygens (including phenoxy) is 2. The van der Waals surface area contributed by atoms with E-state index in [1.165, 1.54) is 94.0 Å². The summed E-state index contributed by atoms with van der Waals surface area (Å²) in [5.74, 6) is 0. The summed E-state index contributed by atoms with van der Waals surface area (Å²) in [6, 6.07) is 32.5. The average molecular weight is 572 g/mol. The molecule has 0 spiro atoms. The van der Waals surface area contributed by atoms with Gasteiger partial charge in [0.05, 0.1) is 0 Å². The summed E-state index contributed by atoms with van der Waals surface area (Å²) in [7, 11) is 0. The van der Waals surface area contributed by atoms with E-state index in [0.29, 0.717) is 0 Å². The highest BCUT2D eigenvalue weighted by Crippen LogP contribution is 2.11. The Bertz CT molecular complexity index is 918. The maximum atomic E-state index is 5.89. The van der Waals surface area contributed by atoms with Crippen molar-refractivity contribution in [1.82, 2.24) is 4.90 Å². The molecule has 0 aliphatic rings. The van der Waals surface area contributed by atoms with Crippen LogP contribution in [-0.4, -0.2) is 44.4 Å². The lowest BCUT2D eigenvalue weighted by molar-refractivity contribution is 0.125. The van der Waals surface area contributed by atoms with Gasteiger partial charge in [0.25, 0.3) is 0 Å². The van der Waals surface area contributed by atoms with Gasteiger partial charge >= 0.3 is 0 Å². The first-order chi connectivity index (χ1) is 20.9. The molecule has 0 radical (unpaired) electrons. The van der Waals surface area contributed by atoms with Crippen molar-refractivity contribution in [2.24, 2.45) is 0 Å². The van der Waals surface area contributed by atoms with Crippen molar-refractivity contribution in [1.29, 1.82) is 0 Å². The van der Waals surface area contributed by atoms with Crippen LogP contribution in [0.15, 0.2) is 91.0 Å². The molecule has 3 aromatic rings. The highest BCUT2D eigenvalue weighted by atomic mass is 16.5. The average Bonchev–Trinajstić information content (AvgIpc) is 3.03. The number of hydrogen-bond acceptors (Lipinski definition) is 3. The van der Waals surface area contributed by atoms with Crippen LogP contribution in [-0.2, 0) is 28.9 Å². The molecule has 230 valence electrons. The first kappa shape index (κ1) is 34.0. The zero-order valence-corrected chi connectivity index (χ0v) is 26.3. The molecule has 42 heavy (non-hydrogen) atoms. The third-order valence-electron chi connectivity index (χ3n) is 7.97. The van der Waals surface area contributed by atoms with Crippen LogP contribution in [0.1, 0.15) is 93.7 Å². The number of rotatable bonds is 26. The van der Waals surface area contributed by atoms with E-state index < -0.39 is 0 Å². The summed E-state index contributed by atoms with van der Waals surface area (Å²) < 4.78 is 11.8. The normalized spacial score (nSPS) is 11.4. The highest BCUT2D eigenvalue weighted by Gasteiger charge is 2.06. The Labute approximate surface area is 257 Å². The molecule has 0 bridgehead atoms. The van der Waals surface area contributed by atoms with E-state index in [1.807, 2.05) is 0 Å². The van der Waals surface area contributed by atoms with Crippen LogP contribution >= 0.6 is 0 Å². The van der Waals surface area contributed by atoms with Gasteiger partial charge < -0.3 is 9.47 Å². The maximum absolute atomic E-state index is 5.89. The maximum Gasteiger partial charge on any atom is 0.0466 e. The van der Waals surface area contributed by atoms with Gasteiger partial charge in [-0.2, -0.15) is 0 Å². The van der Waals surface area contributed by atoms with E-state index in [1.54, 1.807) is 0 Å². The number of benzene rings is 3. The summed E-state index contributed by atoms with van der Waals surface area (Å²) in [6.45, 7) is 7.09. The van der Waals surface area contributed by atoms with Gasteiger partial charge in [-0.1, -0.05) is 117 Å². The van der Waals surface area contributed by atoms with Gasteiger partial charge in [-0.05, 0) is 94.0 Å². The van der Waals surface area contributed by atoms with Gasteiger partial charge in [-0.3, -0.25) is 4.90 Å². The Kier molecular flexibility index (Phi) is 19.5. The van der Waals surface area contributed by atoms with Crippen molar-refractivity contribution in [2.75, 3.05) is 39.5 Å². The topological polar surface area (TPSA) is 21.7 Å². The van der Waals surface area contributed by atoms with Crippen LogP contribution in [0.5, 0.6) is 0 Å². The van der Waals surface area contributed by atoms with Crippen LogP contribution in [0, 0.1) is 0 Å². The summed E-state index contributed by atoms with van der Waals surface area (Å²) in [5.41, 5.74) is 4.30. The minimum atomic E-state index is 0.901. The van der Waals surface area contributed by atoms with Gasteiger partial charge in [-0.25, -0.2) is 0 Å². The molecule has 0 aromatic heterocycles. The Hall–Kier alpha value is -2.46. The molecule has 0 atom stereocenters. The van der Waals surface area contributed by atoms with Crippen molar-refractivity contribution < 1.29 is 9.47 Å². The fraction of sp³-hybridized carbons (Fsp3) is 0.538. The SMILES string of the molecule is c1ccc(CCCCOCCCCCCN(CCCCCCOCCCCc2ccccc2)Cc2ccccc2)cc1. The molecule has 0 N–H and O–H groups in total. The Morgan fingerprint density at radius 2 is 0.714 bits per heavy atom. The van der Waals surface area contributed by atoms with E-state index in [4.69, 9.17) is 9.47 Å². The van der Waals surface area contributed by atoms with Crippen molar-refractivity contribution in [3.8, 4) is 0 Å². The third kappa shape index (κ3) is 17.5. The molecule has 0 aliphatic carbocycles. The predicted octanol–water partition coefficient (Wildman–Crippen LogP) is 9.69. The molecule has 0 unspecified atom stereocenters. The van der Waals surface area contributed by atoms with Gasteiger partial charge in [-0.15, -0.1) is 0 Å². The molecule has 0 saturated heterocycles. The van der Waals surface area contributed by atoms with Crippen LogP contribution in [0.4, 0.5) is 0 Å². The largest absolute Gasteiger partial charge is 0.381 e. The van der Waals surface area contributed by atoms with E-state index >= 15 is 0 Å². The lowest BCUT2D eigenvalue weighted by Crippen LogP contribution is -2.25. The van der Waals surface area contributed by atoms with Gasteiger partial charge in [0.2, 0.25) is 0 Å². The molecule has 0 heterocycles. The second kappa shape index (κ2) is 24.0. The van der Waals surface area contributed by atoms with Crippen LogP contribution in [0.2, 0.25) is 0 Å². The predicted molar refractivity (Wildman–Crippen MR) is 179 cm³/mol. The summed E-state index contributed by atoms with van der Waals surface area (Å²) in [4.78, 5) is 2.67. The second-order valence-corrected chi connectivity index (χ2v) is 11.7. The molecule has 0 aliphatic heterocycles.